The average molecular weight is 285 g/mol. The maximum absolute atomic E-state index is 11.8. The second-order valence-corrected chi connectivity index (χ2v) is 5.39. The van der Waals surface area contributed by atoms with Gasteiger partial charge in [-0.05, 0) is 30.5 Å². The summed E-state index contributed by atoms with van der Waals surface area (Å²) in [5.41, 5.74) is 0.685. The predicted octanol–water partition coefficient (Wildman–Crippen LogP) is 2.30. The summed E-state index contributed by atoms with van der Waals surface area (Å²) in [7, 11) is 1.62. The first kappa shape index (κ1) is 15.8. The zero-order valence-electron chi connectivity index (χ0n) is 11.5. The number of amides is 1. The fourth-order valence-corrected chi connectivity index (χ4v) is 2.05. The van der Waals surface area contributed by atoms with Gasteiger partial charge in [0.2, 0.25) is 5.91 Å². The van der Waals surface area contributed by atoms with Crippen LogP contribution in [0.1, 0.15) is 25.8 Å². The number of carbonyl (C=O) groups excluding carboxylic acids is 1. The number of aromatic hydroxyl groups is 1. The van der Waals surface area contributed by atoms with Crippen molar-refractivity contribution in [2.24, 2.45) is 5.92 Å². The van der Waals surface area contributed by atoms with Gasteiger partial charge in [0.25, 0.3) is 0 Å². The van der Waals surface area contributed by atoms with Gasteiger partial charge in [-0.3, -0.25) is 4.79 Å². The number of carbonyl (C=O) groups is 1. The van der Waals surface area contributed by atoms with Gasteiger partial charge in [-0.2, -0.15) is 0 Å². The summed E-state index contributed by atoms with van der Waals surface area (Å²) < 4.78 is 0. The maximum atomic E-state index is 11.8. The van der Waals surface area contributed by atoms with E-state index in [0.29, 0.717) is 23.0 Å². The van der Waals surface area contributed by atoms with E-state index in [1.54, 1.807) is 25.2 Å². The molecular weight excluding hydrogens is 264 g/mol. The zero-order chi connectivity index (χ0) is 14.4. The van der Waals surface area contributed by atoms with Crippen LogP contribution in [0.25, 0.3) is 0 Å². The molecule has 0 aromatic heterocycles. The lowest BCUT2D eigenvalue weighted by Gasteiger charge is -2.19. The number of likely N-dealkylation sites (N-methyl/N-ethyl adjacent to an activating group) is 1. The van der Waals surface area contributed by atoms with Crippen molar-refractivity contribution in [1.82, 2.24) is 10.6 Å². The minimum atomic E-state index is -0.275. The molecule has 0 aliphatic heterocycles. The van der Waals surface area contributed by atoms with Crippen molar-refractivity contribution in [1.29, 1.82) is 0 Å². The summed E-state index contributed by atoms with van der Waals surface area (Å²) in [6, 6.07) is 4.60. The van der Waals surface area contributed by atoms with Crippen LogP contribution in [-0.2, 0) is 11.3 Å². The molecule has 0 aliphatic rings. The molecule has 1 aromatic carbocycles. The molecule has 0 heterocycles. The molecule has 0 bridgehead atoms. The van der Waals surface area contributed by atoms with Crippen LogP contribution in [0.5, 0.6) is 5.75 Å². The molecule has 1 amide bonds. The number of halogens is 1. The lowest BCUT2D eigenvalue weighted by molar-refractivity contribution is -0.123. The first-order chi connectivity index (χ1) is 8.93. The highest BCUT2D eigenvalue weighted by molar-refractivity contribution is 6.30. The lowest BCUT2D eigenvalue weighted by atomic mass is 10.0. The minimum absolute atomic E-state index is 0.0461. The number of phenols is 1. The van der Waals surface area contributed by atoms with E-state index in [1.807, 2.05) is 0 Å². The predicted molar refractivity (Wildman–Crippen MR) is 77.3 cm³/mol. The van der Waals surface area contributed by atoms with Crippen LogP contribution in [0.15, 0.2) is 18.2 Å². The van der Waals surface area contributed by atoms with Gasteiger partial charge in [0.15, 0.2) is 0 Å². The van der Waals surface area contributed by atoms with Crippen molar-refractivity contribution < 1.29 is 9.90 Å². The Hall–Kier alpha value is -1.26. The van der Waals surface area contributed by atoms with E-state index in [2.05, 4.69) is 24.5 Å². The highest BCUT2D eigenvalue weighted by Gasteiger charge is 2.18. The summed E-state index contributed by atoms with van der Waals surface area (Å²) in [4.78, 5) is 11.8. The molecule has 0 aliphatic carbocycles. The second-order valence-electron chi connectivity index (χ2n) is 4.95. The minimum Gasteiger partial charge on any atom is -0.508 e. The standard InChI is InChI=1S/C14H21ClN2O2/c1-9(2)6-12(14(19)16-3)17-8-10-7-11(15)4-5-13(10)18/h4-5,7,9,12,17-18H,6,8H2,1-3H3,(H,16,19). The normalized spacial score (nSPS) is 12.5. The first-order valence-corrected chi connectivity index (χ1v) is 6.74. The van der Waals surface area contributed by atoms with Gasteiger partial charge in [-0.15, -0.1) is 0 Å². The number of hydrogen-bond donors (Lipinski definition) is 3. The van der Waals surface area contributed by atoms with Crippen molar-refractivity contribution in [2.45, 2.75) is 32.9 Å². The summed E-state index contributed by atoms with van der Waals surface area (Å²) in [5, 5.41) is 16.1. The summed E-state index contributed by atoms with van der Waals surface area (Å²) in [6.45, 7) is 4.53. The molecule has 4 nitrogen and oxygen atoms in total. The summed E-state index contributed by atoms with van der Waals surface area (Å²) in [6.07, 6.45) is 0.737. The Morgan fingerprint density at radius 2 is 2.11 bits per heavy atom. The SMILES string of the molecule is CNC(=O)C(CC(C)C)NCc1cc(Cl)ccc1O. The monoisotopic (exact) mass is 284 g/mol. The highest BCUT2D eigenvalue weighted by atomic mass is 35.5. The van der Waals surface area contributed by atoms with Crippen LogP contribution in [0.2, 0.25) is 5.02 Å². The summed E-state index contributed by atoms with van der Waals surface area (Å²) >= 11 is 5.89. The number of nitrogens with one attached hydrogen (secondary N) is 2. The molecule has 3 N–H and O–H groups in total. The van der Waals surface area contributed by atoms with E-state index in [-0.39, 0.29) is 17.7 Å². The molecule has 0 radical (unpaired) electrons. The van der Waals surface area contributed by atoms with E-state index < -0.39 is 0 Å². The third-order valence-electron chi connectivity index (χ3n) is 2.85. The molecule has 19 heavy (non-hydrogen) atoms. The van der Waals surface area contributed by atoms with E-state index >= 15 is 0 Å². The third-order valence-corrected chi connectivity index (χ3v) is 3.09. The Balaban J connectivity index is 2.70. The molecule has 1 aromatic rings. The van der Waals surface area contributed by atoms with Crippen molar-refractivity contribution in [3.63, 3.8) is 0 Å². The molecular formula is C14H21ClN2O2. The van der Waals surface area contributed by atoms with Gasteiger partial charge >= 0.3 is 0 Å². The van der Waals surface area contributed by atoms with Crippen LogP contribution in [0.3, 0.4) is 0 Å². The first-order valence-electron chi connectivity index (χ1n) is 6.36. The third kappa shape index (κ3) is 5.09. The fraction of sp³-hybridized carbons (Fsp3) is 0.500. The number of phenolic OH excluding ortho intramolecular Hbond substituents is 1. The Labute approximate surface area is 119 Å². The Bertz CT molecular complexity index is 435. The van der Waals surface area contributed by atoms with Crippen LogP contribution >= 0.6 is 11.6 Å². The van der Waals surface area contributed by atoms with Crippen molar-refractivity contribution >= 4 is 17.5 Å². The lowest BCUT2D eigenvalue weighted by Crippen LogP contribution is -2.43. The number of benzene rings is 1. The van der Waals surface area contributed by atoms with Crippen molar-refractivity contribution in [2.75, 3.05) is 7.05 Å². The molecule has 1 atom stereocenters. The molecule has 0 saturated carbocycles. The fourth-order valence-electron chi connectivity index (χ4n) is 1.86. The topological polar surface area (TPSA) is 61.4 Å². The van der Waals surface area contributed by atoms with Crippen molar-refractivity contribution in [3.8, 4) is 5.75 Å². The van der Waals surface area contributed by atoms with Crippen LogP contribution < -0.4 is 10.6 Å². The molecule has 0 fully saturated rings. The van der Waals surface area contributed by atoms with Crippen molar-refractivity contribution in [3.05, 3.63) is 28.8 Å². The Kier molecular flexibility index (Phi) is 6.12. The van der Waals surface area contributed by atoms with Gasteiger partial charge in [0.05, 0.1) is 6.04 Å². The maximum Gasteiger partial charge on any atom is 0.236 e. The summed E-state index contributed by atoms with van der Waals surface area (Å²) in [5.74, 6) is 0.537. The van der Waals surface area contributed by atoms with Gasteiger partial charge < -0.3 is 15.7 Å². The smallest absolute Gasteiger partial charge is 0.236 e. The highest BCUT2D eigenvalue weighted by Crippen LogP contribution is 2.21. The van der Waals surface area contributed by atoms with Gasteiger partial charge in [-0.25, -0.2) is 0 Å². The van der Waals surface area contributed by atoms with E-state index in [4.69, 9.17) is 11.6 Å². The van der Waals surface area contributed by atoms with Crippen LogP contribution in [0, 0.1) is 5.92 Å². The van der Waals surface area contributed by atoms with Crippen LogP contribution in [-0.4, -0.2) is 24.1 Å². The largest absolute Gasteiger partial charge is 0.508 e. The number of rotatable bonds is 6. The molecule has 1 unspecified atom stereocenters. The average Bonchev–Trinajstić information content (AvgIpc) is 2.36. The zero-order valence-corrected chi connectivity index (χ0v) is 12.3. The van der Waals surface area contributed by atoms with Gasteiger partial charge in [0.1, 0.15) is 5.75 Å². The van der Waals surface area contributed by atoms with E-state index in [1.165, 1.54) is 0 Å². The molecule has 0 spiro atoms. The Morgan fingerprint density at radius 3 is 2.68 bits per heavy atom. The number of hydrogen-bond acceptors (Lipinski definition) is 3. The van der Waals surface area contributed by atoms with E-state index in [9.17, 15) is 9.90 Å². The second kappa shape index (κ2) is 7.36. The molecule has 0 saturated heterocycles. The van der Waals surface area contributed by atoms with Gasteiger partial charge in [-0.1, -0.05) is 25.4 Å². The molecule has 5 heteroatoms. The van der Waals surface area contributed by atoms with Crippen LogP contribution in [0.4, 0.5) is 0 Å². The van der Waals surface area contributed by atoms with Gasteiger partial charge in [0, 0.05) is 24.2 Å². The quantitative estimate of drug-likeness (QED) is 0.751. The molecule has 1 rings (SSSR count). The molecule has 106 valence electrons. The van der Waals surface area contributed by atoms with E-state index in [0.717, 1.165) is 6.42 Å². The Morgan fingerprint density at radius 1 is 1.42 bits per heavy atom.